The Morgan fingerprint density at radius 2 is 2.20 bits per heavy atom. The molecule has 2 N–H and O–H groups in total. The van der Waals surface area contributed by atoms with Crippen molar-refractivity contribution in [2.24, 2.45) is 0 Å². The van der Waals surface area contributed by atoms with E-state index < -0.39 is 5.97 Å². The van der Waals surface area contributed by atoms with Gasteiger partial charge in [0.1, 0.15) is 0 Å². The fraction of sp³-hybridized carbons (Fsp3) is 0.222. The largest absolute Gasteiger partial charge is 0.481 e. The lowest BCUT2D eigenvalue weighted by molar-refractivity contribution is -0.133. The van der Waals surface area contributed by atoms with Crippen LogP contribution in [0.25, 0.3) is 0 Å². The van der Waals surface area contributed by atoms with E-state index in [0.29, 0.717) is 7.62 Å². The van der Waals surface area contributed by atoms with Gasteiger partial charge in [0, 0.05) is 17.7 Å². The molecule has 1 aromatic rings. The summed E-state index contributed by atoms with van der Waals surface area (Å²) >= 11 is 1.30. The summed E-state index contributed by atoms with van der Waals surface area (Å²) in [4.78, 5) is 11.3. The Labute approximate surface area is 93.3 Å². The molecule has 1 aromatic carbocycles. The molecule has 80 valence electrons. The summed E-state index contributed by atoms with van der Waals surface area (Å²) in [6.45, 7) is 0. The molecular formula is C9H12BNO3S. The standard InChI is InChI=1S/C9H12BNO3S/c1-14-10-11-7-2-4-8(5-3-7)15-6-9(12)13/h2-5,10-11H,6H2,1H3,(H,12,13). The SMILES string of the molecule is COBNc1ccc(SCC(=O)O)cc1. The summed E-state index contributed by atoms with van der Waals surface area (Å²) in [7, 11) is 2.08. The Kier molecular flexibility index (Phi) is 5.07. The highest BCUT2D eigenvalue weighted by Gasteiger charge is 1.99. The molecule has 6 heteroatoms. The molecular weight excluding hydrogens is 213 g/mol. The smallest absolute Gasteiger partial charge is 0.393 e. The summed E-state index contributed by atoms with van der Waals surface area (Å²) < 4.78 is 4.86. The summed E-state index contributed by atoms with van der Waals surface area (Å²) in [5.74, 6) is -0.716. The van der Waals surface area contributed by atoms with Gasteiger partial charge in [0.25, 0.3) is 0 Å². The van der Waals surface area contributed by atoms with E-state index >= 15 is 0 Å². The third-order valence-corrected chi connectivity index (χ3v) is 2.63. The van der Waals surface area contributed by atoms with Crippen LogP contribution in [0.5, 0.6) is 0 Å². The van der Waals surface area contributed by atoms with Gasteiger partial charge in [0.05, 0.1) is 5.75 Å². The molecule has 0 unspecified atom stereocenters. The molecule has 0 aliphatic rings. The van der Waals surface area contributed by atoms with E-state index in [4.69, 9.17) is 9.76 Å². The highest BCUT2D eigenvalue weighted by atomic mass is 32.2. The van der Waals surface area contributed by atoms with Gasteiger partial charge in [-0.25, -0.2) is 0 Å². The Hall–Kier alpha value is -1.14. The third kappa shape index (κ3) is 4.76. The highest BCUT2D eigenvalue weighted by Crippen LogP contribution is 2.19. The second kappa shape index (κ2) is 6.37. The minimum absolute atomic E-state index is 0.0881. The first-order chi connectivity index (χ1) is 7.22. The number of aliphatic carboxylic acids is 1. The van der Waals surface area contributed by atoms with Gasteiger partial charge in [0.2, 0.25) is 0 Å². The molecule has 0 aliphatic heterocycles. The van der Waals surface area contributed by atoms with Gasteiger partial charge >= 0.3 is 13.6 Å². The van der Waals surface area contributed by atoms with E-state index in [2.05, 4.69) is 5.23 Å². The first kappa shape index (κ1) is 11.9. The molecule has 0 amide bonds. The fourth-order valence-electron chi connectivity index (χ4n) is 0.970. The second-order valence-electron chi connectivity index (χ2n) is 2.82. The van der Waals surface area contributed by atoms with Crippen molar-refractivity contribution >= 4 is 31.0 Å². The molecule has 0 aliphatic carbocycles. The molecule has 1 rings (SSSR count). The minimum Gasteiger partial charge on any atom is -0.481 e. The van der Waals surface area contributed by atoms with Crippen molar-refractivity contribution in [3.05, 3.63) is 24.3 Å². The van der Waals surface area contributed by atoms with Crippen molar-refractivity contribution in [2.75, 3.05) is 18.1 Å². The Morgan fingerprint density at radius 3 is 2.73 bits per heavy atom. The van der Waals surface area contributed by atoms with Crippen LogP contribution in [0.15, 0.2) is 29.2 Å². The molecule has 4 nitrogen and oxygen atoms in total. The second-order valence-corrected chi connectivity index (χ2v) is 3.87. The summed E-state index contributed by atoms with van der Waals surface area (Å²) in [6.07, 6.45) is 0. The highest BCUT2D eigenvalue weighted by molar-refractivity contribution is 8.00. The topological polar surface area (TPSA) is 58.6 Å². The lowest BCUT2D eigenvalue weighted by Gasteiger charge is -2.04. The normalized spacial score (nSPS) is 9.67. The number of benzene rings is 1. The Morgan fingerprint density at radius 1 is 1.53 bits per heavy atom. The van der Waals surface area contributed by atoms with Crippen molar-refractivity contribution in [3.63, 3.8) is 0 Å². The molecule has 0 fully saturated rings. The van der Waals surface area contributed by atoms with Gasteiger partial charge in [-0.1, -0.05) is 0 Å². The summed E-state index contributed by atoms with van der Waals surface area (Å²) in [5.41, 5.74) is 0.955. The fourth-order valence-corrected chi connectivity index (χ4v) is 1.59. The van der Waals surface area contributed by atoms with Crippen molar-refractivity contribution in [3.8, 4) is 0 Å². The predicted molar refractivity (Wildman–Crippen MR) is 62.6 cm³/mol. The zero-order valence-electron chi connectivity index (χ0n) is 8.40. The molecule has 0 aromatic heterocycles. The maximum absolute atomic E-state index is 10.3. The van der Waals surface area contributed by atoms with E-state index in [1.54, 1.807) is 7.11 Å². The van der Waals surface area contributed by atoms with Crippen molar-refractivity contribution in [2.45, 2.75) is 4.90 Å². The Bertz CT molecular complexity index is 318. The average molecular weight is 225 g/mol. The lowest BCUT2D eigenvalue weighted by Crippen LogP contribution is -2.07. The first-order valence-corrected chi connectivity index (χ1v) is 5.38. The van der Waals surface area contributed by atoms with Crippen LogP contribution < -0.4 is 5.23 Å². The zero-order chi connectivity index (χ0) is 11.1. The van der Waals surface area contributed by atoms with Crippen LogP contribution >= 0.6 is 11.8 Å². The molecule has 0 radical (unpaired) electrons. The number of thioether (sulfide) groups is 1. The van der Waals surface area contributed by atoms with Crippen LogP contribution in [-0.4, -0.2) is 31.6 Å². The molecule has 0 spiro atoms. The van der Waals surface area contributed by atoms with Crippen molar-refractivity contribution < 1.29 is 14.6 Å². The van der Waals surface area contributed by atoms with Gasteiger partial charge in [-0.15, -0.1) is 11.8 Å². The predicted octanol–water partition coefficient (Wildman–Crippen LogP) is 1.19. The lowest BCUT2D eigenvalue weighted by atomic mass is 10.2. The van der Waals surface area contributed by atoms with E-state index in [0.717, 1.165) is 10.6 Å². The quantitative estimate of drug-likeness (QED) is 0.562. The van der Waals surface area contributed by atoms with E-state index in [1.807, 2.05) is 24.3 Å². The average Bonchev–Trinajstić information content (AvgIpc) is 2.25. The molecule has 0 atom stereocenters. The van der Waals surface area contributed by atoms with E-state index in [9.17, 15) is 4.79 Å². The number of anilines is 1. The number of carboxylic acid groups (broad SMARTS) is 1. The number of hydrogen-bond donors (Lipinski definition) is 2. The molecule has 0 saturated carbocycles. The Balaban J connectivity index is 2.45. The van der Waals surface area contributed by atoms with Gasteiger partial charge in [-0.05, 0) is 24.3 Å². The molecule has 0 heterocycles. The third-order valence-electron chi connectivity index (χ3n) is 1.64. The molecule has 15 heavy (non-hydrogen) atoms. The van der Waals surface area contributed by atoms with Gasteiger partial charge in [-0.2, -0.15) is 0 Å². The number of nitrogens with one attached hydrogen (secondary N) is 1. The van der Waals surface area contributed by atoms with E-state index in [-0.39, 0.29) is 5.75 Å². The van der Waals surface area contributed by atoms with Crippen LogP contribution in [0.3, 0.4) is 0 Å². The van der Waals surface area contributed by atoms with Crippen LogP contribution in [0.4, 0.5) is 5.69 Å². The zero-order valence-corrected chi connectivity index (χ0v) is 9.21. The van der Waals surface area contributed by atoms with Crippen molar-refractivity contribution in [1.82, 2.24) is 0 Å². The summed E-state index contributed by atoms with van der Waals surface area (Å²) in [6, 6.07) is 7.55. The number of carboxylic acids is 1. The number of rotatable bonds is 6. The van der Waals surface area contributed by atoms with E-state index in [1.165, 1.54) is 11.8 Å². The number of hydrogen-bond acceptors (Lipinski definition) is 4. The van der Waals surface area contributed by atoms with Crippen LogP contribution in [-0.2, 0) is 9.45 Å². The monoisotopic (exact) mass is 225 g/mol. The maximum atomic E-state index is 10.3. The van der Waals surface area contributed by atoms with Crippen molar-refractivity contribution in [1.29, 1.82) is 0 Å². The van der Waals surface area contributed by atoms with Crippen LogP contribution in [0.1, 0.15) is 0 Å². The van der Waals surface area contributed by atoms with Gasteiger partial charge in [0.15, 0.2) is 0 Å². The molecule has 0 saturated heterocycles. The summed E-state index contributed by atoms with van der Waals surface area (Å²) in [5, 5.41) is 11.5. The van der Waals surface area contributed by atoms with Crippen LogP contribution in [0, 0.1) is 0 Å². The van der Waals surface area contributed by atoms with Crippen LogP contribution in [0.2, 0.25) is 0 Å². The minimum atomic E-state index is -0.804. The number of carbonyl (C=O) groups is 1. The molecule has 0 bridgehead atoms. The maximum Gasteiger partial charge on any atom is 0.393 e. The van der Waals surface area contributed by atoms with Gasteiger partial charge in [-0.3, -0.25) is 4.79 Å². The van der Waals surface area contributed by atoms with Gasteiger partial charge < -0.3 is 15.0 Å². The first-order valence-electron chi connectivity index (χ1n) is 4.40.